The van der Waals surface area contributed by atoms with Crippen molar-refractivity contribution in [1.29, 1.82) is 0 Å². The number of hydrogen-bond donors (Lipinski definition) is 2. The molecule has 11 heteroatoms. The maximum atomic E-state index is 15.0. The van der Waals surface area contributed by atoms with E-state index in [1.807, 2.05) is 18.2 Å². The first-order valence-corrected chi connectivity index (χ1v) is 14.5. The lowest BCUT2D eigenvalue weighted by Crippen LogP contribution is -2.48. The third kappa shape index (κ3) is 6.71. The number of likely N-dealkylation sites (tertiary alicyclic amines) is 1. The van der Waals surface area contributed by atoms with E-state index in [4.69, 9.17) is 9.47 Å². The van der Waals surface area contributed by atoms with E-state index in [1.165, 1.54) is 19.2 Å². The molecule has 0 amide bonds. The van der Waals surface area contributed by atoms with Gasteiger partial charge in [0.1, 0.15) is 23.4 Å². The molecule has 0 saturated carbocycles. The number of halogens is 1. The molecule has 0 spiro atoms. The number of aromatic nitrogens is 2. The Morgan fingerprint density at radius 2 is 2.10 bits per heavy atom. The number of nitrogens with one attached hydrogen (secondary N) is 2. The normalized spacial score (nSPS) is 17.8. The second-order valence-corrected chi connectivity index (χ2v) is 11.3. The second kappa shape index (κ2) is 12.5. The molecule has 1 saturated heterocycles. The molecular weight excluding hydrogens is 521 g/mol. The molecule has 3 heterocycles. The fourth-order valence-corrected chi connectivity index (χ4v) is 5.19. The Labute approximate surface area is 228 Å². The number of ether oxygens (including phenoxy) is 2. The summed E-state index contributed by atoms with van der Waals surface area (Å²) in [7, 11) is -0.216. The highest BCUT2D eigenvalue weighted by molar-refractivity contribution is 7.90. The van der Waals surface area contributed by atoms with Crippen molar-refractivity contribution in [2.45, 2.75) is 23.5 Å². The topological polar surface area (TPSA) is 97.2 Å². The summed E-state index contributed by atoms with van der Waals surface area (Å²) in [5.41, 5.74) is 2.77. The summed E-state index contributed by atoms with van der Waals surface area (Å²) >= 11 is 0. The van der Waals surface area contributed by atoms with E-state index < -0.39 is 16.0 Å². The minimum absolute atomic E-state index is 0.177. The Hall–Kier alpha value is -3.59. The first-order chi connectivity index (χ1) is 18.7. The molecule has 1 aliphatic heterocycles. The second-order valence-electron chi connectivity index (χ2n) is 9.31. The van der Waals surface area contributed by atoms with Gasteiger partial charge >= 0.3 is 0 Å². The monoisotopic (exact) mass is 555 g/mol. The molecule has 0 bridgehead atoms. The first-order valence-electron chi connectivity index (χ1n) is 12.6. The van der Waals surface area contributed by atoms with Crippen molar-refractivity contribution in [3.63, 3.8) is 0 Å². The van der Waals surface area contributed by atoms with Crippen LogP contribution < -0.4 is 15.4 Å². The van der Waals surface area contributed by atoms with Gasteiger partial charge in [-0.3, -0.25) is 4.90 Å². The van der Waals surface area contributed by atoms with Crippen LogP contribution in [-0.2, 0) is 14.6 Å². The Morgan fingerprint density at radius 3 is 2.79 bits per heavy atom. The van der Waals surface area contributed by atoms with Gasteiger partial charge in [-0.05, 0) is 36.6 Å². The fourth-order valence-electron chi connectivity index (χ4n) is 4.55. The van der Waals surface area contributed by atoms with Crippen LogP contribution in [0, 0.1) is 11.8 Å². The quantitative estimate of drug-likeness (QED) is 0.368. The van der Waals surface area contributed by atoms with E-state index in [0.717, 1.165) is 30.4 Å². The molecule has 2 atom stereocenters. The smallest absolute Gasteiger partial charge is 0.175 e. The molecule has 9 nitrogen and oxygen atoms in total. The summed E-state index contributed by atoms with van der Waals surface area (Å²) in [6, 6.07) is 10.0. The van der Waals surface area contributed by atoms with Gasteiger partial charge < -0.3 is 20.1 Å². The van der Waals surface area contributed by atoms with Gasteiger partial charge in [0.2, 0.25) is 0 Å². The molecule has 3 aromatic rings. The van der Waals surface area contributed by atoms with Crippen LogP contribution in [0.1, 0.15) is 17.7 Å². The molecule has 39 heavy (non-hydrogen) atoms. The number of anilines is 2. The van der Waals surface area contributed by atoms with E-state index in [2.05, 4.69) is 39.1 Å². The van der Waals surface area contributed by atoms with Gasteiger partial charge in [-0.25, -0.2) is 17.3 Å². The van der Waals surface area contributed by atoms with Crippen molar-refractivity contribution < 1.29 is 22.3 Å². The lowest BCUT2D eigenvalue weighted by atomic mass is 10.0. The molecular formula is C28H34FN5O4S. The van der Waals surface area contributed by atoms with Crippen molar-refractivity contribution in [2.24, 2.45) is 0 Å². The molecule has 2 aromatic heterocycles. The van der Waals surface area contributed by atoms with Crippen molar-refractivity contribution >= 4 is 32.9 Å². The number of hydrogen-bond acceptors (Lipinski definition) is 8. The number of benzene rings is 1. The van der Waals surface area contributed by atoms with Crippen LogP contribution in [-0.4, -0.2) is 88.4 Å². The van der Waals surface area contributed by atoms with E-state index in [-0.39, 0.29) is 17.5 Å². The van der Waals surface area contributed by atoms with Crippen LogP contribution >= 0.6 is 0 Å². The van der Waals surface area contributed by atoms with Gasteiger partial charge in [0.05, 0.1) is 42.4 Å². The minimum atomic E-state index is -3.34. The Balaban J connectivity index is 1.49. The first kappa shape index (κ1) is 28.4. The lowest BCUT2D eigenvalue weighted by molar-refractivity contribution is 0.0919. The predicted molar refractivity (Wildman–Crippen MR) is 152 cm³/mol. The molecule has 0 aliphatic carbocycles. The Kier molecular flexibility index (Phi) is 9.12. The number of fused-ring (bicyclic) bond motifs is 1. The fraction of sp³-hybridized carbons (Fsp3) is 0.393. The summed E-state index contributed by atoms with van der Waals surface area (Å²) < 4.78 is 50.8. The third-order valence-electron chi connectivity index (χ3n) is 6.65. The number of sulfone groups is 1. The van der Waals surface area contributed by atoms with Gasteiger partial charge in [-0.2, -0.15) is 5.10 Å². The average Bonchev–Trinajstić information content (AvgIpc) is 3.29. The highest BCUT2D eigenvalue weighted by Gasteiger charge is 2.29. The van der Waals surface area contributed by atoms with Crippen LogP contribution in [0.15, 0.2) is 47.9 Å². The number of alkyl halides is 1. The van der Waals surface area contributed by atoms with Gasteiger partial charge in [-0.15, -0.1) is 0 Å². The highest BCUT2D eigenvalue weighted by atomic mass is 32.2. The van der Waals surface area contributed by atoms with Gasteiger partial charge in [0.15, 0.2) is 9.84 Å². The Bertz CT molecular complexity index is 1490. The molecule has 4 rings (SSSR count). The SMILES string of the molecule is C=Cc1c(C#CCNc2ccc(S(C)(=O)=O)cc2OC)nn2c(N[C@@H]3CCN(CCOC)C[C@@H]3F)cccc12. The molecule has 1 fully saturated rings. The predicted octanol–water partition coefficient (Wildman–Crippen LogP) is 3.32. The van der Waals surface area contributed by atoms with Crippen LogP contribution in [0.25, 0.3) is 11.6 Å². The van der Waals surface area contributed by atoms with Crippen LogP contribution in [0.3, 0.4) is 0 Å². The van der Waals surface area contributed by atoms with Crippen LogP contribution in [0.2, 0.25) is 0 Å². The molecule has 208 valence electrons. The minimum Gasteiger partial charge on any atom is -0.495 e. The maximum absolute atomic E-state index is 15.0. The van der Waals surface area contributed by atoms with Crippen molar-refractivity contribution in [3.8, 4) is 17.6 Å². The van der Waals surface area contributed by atoms with Crippen molar-refractivity contribution in [3.05, 3.63) is 54.2 Å². The molecule has 1 aromatic carbocycles. The zero-order valence-corrected chi connectivity index (χ0v) is 23.2. The maximum Gasteiger partial charge on any atom is 0.175 e. The number of methoxy groups -OCH3 is 2. The molecule has 0 radical (unpaired) electrons. The van der Waals surface area contributed by atoms with Crippen LogP contribution in [0.5, 0.6) is 5.75 Å². The van der Waals surface area contributed by atoms with Crippen molar-refractivity contribution in [2.75, 3.05) is 63.9 Å². The van der Waals surface area contributed by atoms with Gasteiger partial charge in [-0.1, -0.05) is 24.6 Å². The zero-order chi connectivity index (χ0) is 28.0. The number of piperidine rings is 1. The molecule has 2 N–H and O–H groups in total. The summed E-state index contributed by atoms with van der Waals surface area (Å²) in [4.78, 5) is 2.25. The van der Waals surface area contributed by atoms with Crippen LogP contribution in [0.4, 0.5) is 15.9 Å². The lowest BCUT2D eigenvalue weighted by Gasteiger charge is -2.35. The van der Waals surface area contributed by atoms with E-state index in [9.17, 15) is 12.8 Å². The summed E-state index contributed by atoms with van der Waals surface area (Å²) in [5.74, 6) is 7.24. The van der Waals surface area contributed by atoms with E-state index in [0.29, 0.717) is 42.5 Å². The standard InChI is InChI=1S/C28H34FN5O4S/c1-5-21-23(8-7-14-30-25-12-11-20(39(4,35)36)18-27(25)38-3)32-34-26(21)9-6-10-28(34)31-24-13-15-33(16-17-37-2)19-22(24)29/h5-6,9-12,18,22,24,30-31H,1,13-17,19H2,2-4H3/t22-,24+/m0/s1. The van der Waals surface area contributed by atoms with Gasteiger partial charge in [0, 0.05) is 44.6 Å². The van der Waals surface area contributed by atoms with Crippen molar-refractivity contribution in [1.82, 2.24) is 14.5 Å². The summed E-state index contributed by atoms with van der Waals surface area (Å²) in [5, 5.41) is 11.2. The highest BCUT2D eigenvalue weighted by Crippen LogP contribution is 2.27. The summed E-state index contributed by atoms with van der Waals surface area (Å²) in [6.07, 6.45) is 2.51. The third-order valence-corrected chi connectivity index (χ3v) is 7.76. The van der Waals surface area contributed by atoms with Gasteiger partial charge in [0.25, 0.3) is 0 Å². The summed E-state index contributed by atoms with van der Waals surface area (Å²) in [6.45, 7) is 6.66. The number of pyridine rings is 1. The number of rotatable bonds is 10. The molecule has 1 aliphatic rings. The van der Waals surface area contributed by atoms with E-state index >= 15 is 0 Å². The largest absolute Gasteiger partial charge is 0.495 e. The van der Waals surface area contributed by atoms with E-state index in [1.54, 1.807) is 23.8 Å². The zero-order valence-electron chi connectivity index (χ0n) is 22.4. The molecule has 0 unspecified atom stereocenters. The average molecular weight is 556 g/mol. The number of nitrogens with zero attached hydrogens (tertiary/aromatic N) is 3. The Morgan fingerprint density at radius 1 is 1.28 bits per heavy atom.